The van der Waals surface area contributed by atoms with Crippen LogP contribution in [0.3, 0.4) is 0 Å². The number of amides is 2. The summed E-state index contributed by atoms with van der Waals surface area (Å²) in [5.41, 5.74) is 4.58. The number of nitrogens with two attached hydrogens (primary N) is 1. The average Bonchev–Trinajstić information content (AvgIpc) is 2.50. The minimum Gasteiger partial charge on any atom is -0.394 e. The normalized spacial score (nSPS) is 21.7. The molecular weight excluding hydrogens is 280 g/mol. The Balaban J connectivity index is 3.06. The molecular formula is C17H32N2O3. The van der Waals surface area contributed by atoms with Crippen molar-refractivity contribution in [1.82, 2.24) is 4.90 Å². The number of hydrogen-bond donors (Lipinski definition) is 2. The zero-order valence-corrected chi connectivity index (χ0v) is 14.3. The van der Waals surface area contributed by atoms with Crippen LogP contribution in [0.1, 0.15) is 65.7 Å². The summed E-state index contributed by atoms with van der Waals surface area (Å²) in [5.74, 6) is -0.262. The molecule has 0 aromatic carbocycles. The Bertz CT molecular complexity index is 384. The van der Waals surface area contributed by atoms with Gasteiger partial charge in [0.15, 0.2) is 0 Å². The number of aliphatic hydroxyl groups is 1. The van der Waals surface area contributed by atoms with Gasteiger partial charge in [-0.2, -0.15) is 0 Å². The second-order valence-electron chi connectivity index (χ2n) is 6.96. The highest BCUT2D eigenvalue weighted by molar-refractivity contribution is 6.04. The fraction of sp³-hybridized carbons (Fsp3) is 0.882. The minimum absolute atomic E-state index is 0.0448. The first-order chi connectivity index (χ1) is 10.4. The van der Waals surface area contributed by atoms with Crippen molar-refractivity contribution in [2.75, 3.05) is 13.2 Å². The van der Waals surface area contributed by atoms with Gasteiger partial charge in [0.2, 0.25) is 11.8 Å². The molecule has 0 aromatic heterocycles. The number of piperidine rings is 1. The average molecular weight is 312 g/mol. The fourth-order valence-corrected chi connectivity index (χ4v) is 3.39. The third-order valence-electron chi connectivity index (χ3n) is 4.81. The molecule has 1 saturated heterocycles. The van der Waals surface area contributed by atoms with Crippen molar-refractivity contribution in [3.63, 3.8) is 0 Å². The molecule has 22 heavy (non-hydrogen) atoms. The van der Waals surface area contributed by atoms with Gasteiger partial charge >= 0.3 is 0 Å². The highest BCUT2D eigenvalue weighted by Gasteiger charge is 2.47. The first kappa shape index (κ1) is 18.9. The molecule has 5 nitrogen and oxygen atoms in total. The first-order valence-electron chi connectivity index (χ1n) is 8.60. The molecule has 3 N–H and O–H groups in total. The van der Waals surface area contributed by atoms with E-state index in [9.17, 15) is 14.7 Å². The lowest BCUT2D eigenvalue weighted by atomic mass is 9.75. The van der Waals surface area contributed by atoms with Gasteiger partial charge in [0, 0.05) is 6.54 Å². The molecule has 1 aliphatic heterocycles. The van der Waals surface area contributed by atoms with E-state index in [1.165, 1.54) is 0 Å². The standard InChI is InChI=1S/C17H32N2O3/c1-4-9-17(15(18)21,10-8-13(2)3)16(22)19-11-6-5-7-14(19)12-20/h13-14,20H,4-12H2,1-3H3,(H2,18,21)/t14-,17+/m1/s1. The summed E-state index contributed by atoms with van der Waals surface area (Å²) in [5, 5.41) is 9.55. The predicted molar refractivity (Wildman–Crippen MR) is 87.0 cm³/mol. The second kappa shape index (κ2) is 8.51. The number of aliphatic hydroxyl groups excluding tert-OH is 1. The maximum absolute atomic E-state index is 13.1. The van der Waals surface area contributed by atoms with Crippen molar-refractivity contribution in [1.29, 1.82) is 0 Å². The lowest BCUT2D eigenvalue weighted by Crippen LogP contribution is -2.56. The van der Waals surface area contributed by atoms with E-state index in [-0.39, 0.29) is 18.6 Å². The van der Waals surface area contributed by atoms with E-state index < -0.39 is 11.3 Å². The Morgan fingerprint density at radius 1 is 1.32 bits per heavy atom. The lowest BCUT2D eigenvalue weighted by Gasteiger charge is -2.41. The summed E-state index contributed by atoms with van der Waals surface area (Å²) in [6.45, 7) is 6.71. The van der Waals surface area contributed by atoms with Gasteiger partial charge in [0.1, 0.15) is 5.41 Å². The van der Waals surface area contributed by atoms with Crippen LogP contribution >= 0.6 is 0 Å². The monoisotopic (exact) mass is 312 g/mol. The van der Waals surface area contributed by atoms with Crippen LogP contribution in [0.2, 0.25) is 0 Å². The van der Waals surface area contributed by atoms with E-state index >= 15 is 0 Å². The minimum atomic E-state index is -1.11. The van der Waals surface area contributed by atoms with E-state index in [1.807, 2.05) is 6.92 Å². The molecule has 0 aliphatic carbocycles. The summed E-state index contributed by atoms with van der Waals surface area (Å²) < 4.78 is 0. The molecule has 0 unspecified atom stereocenters. The van der Waals surface area contributed by atoms with Gasteiger partial charge in [-0.25, -0.2) is 0 Å². The second-order valence-corrected chi connectivity index (χ2v) is 6.96. The van der Waals surface area contributed by atoms with Crippen molar-refractivity contribution in [2.45, 2.75) is 71.8 Å². The van der Waals surface area contributed by atoms with Crippen LogP contribution in [-0.4, -0.2) is 41.0 Å². The third kappa shape index (κ3) is 4.22. The molecule has 0 spiro atoms. The quantitative estimate of drug-likeness (QED) is 0.673. The van der Waals surface area contributed by atoms with E-state index in [2.05, 4.69) is 13.8 Å². The molecule has 2 amide bonds. The van der Waals surface area contributed by atoms with Crippen molar-refractivity contribution in [3.05, 3.63) is 0 Å². The Kier molecular flexibility index (Phi) is 7.33. The van der Waals surface area contributed by atoms with Crippen LogP contribution in [0, 0.1) is 11.3 Å². The van der Waals surface area contributed by atoms with Crippen LogP contribution in [0.15, 0.2) is 0 Å². The fourth-order valence-electron chi connectivity index (χ4n) is 3.39. The van der Waals surface area contributed by atoms with Gasteiger partial charge in [-0.1, -0.05) is 27.2 Å². The Labute approximate surface area is 134 Å². The highest BCUT2D eigenvalue weighted by atomic mass is 16.3. The van der Waals surface area contributed by atoms with Crippen LogP contribution in [0.4, 0.5) is 0 Å². The molecule has 1 heterocycles. The number of hydrogen-bond acceptors (Lipinski definition) is 3. The van der Waals surface area contributed by atoms with Gasteiger partial charge in [-0.05, 0) is 44.4 Å². The molecule has 0 bridgehead atoms. The molecule has 1 rings (SSSR count). The number of likely N-dealkylation sites (tertiary alicyclic amines) is 1. The maximum Gasteiger partial charge on any atom is 0.238 e. The largest absolute Gasteiger partial charge is 0.394 e. The molecule has 1 fully saturated rings. The number of rotatable bonds is 8. The number of nitrogens with zero attached hydrogens (tertiary/aromatic N) is 1. The van der Waals surface area contributed by atoms with Gasteiger partial charge in [0.05, 0.1) is 12.6 Å². The Hall–Kier alpha value is -1.10. The Morgan fingerprint density at radius 3 is 2.50 bits per heavy atom. The van der Waals surface area contributed by atoms with Crippen molar-refractivity contribution in [3.8, 4) is 0 Å². The number of carbonyl (C=O) groups is 2. The van der Waals surface area contributed by atoms with E-state index in [4.69, 9.17) is 5.73 Å². The van der Waals surface area contributed by atoms with Crippen LogP contribution < -0.4 is 5.73 Å². The SMILES string of the molecule is CCC[C@](CCC(C)C)(C(N)=O)C(=O)N1CCCC[C@@H]1CO. The molecule has 5 heteroatoms. The highest BCUT2D eigenvalue weighted by Crippen LogP contribution is 2.35. The summed E-state index contributed by atoms with van der Waals surface area (Å²) in [6, 6.07) is -0.170. The molecule has 0 aromatic rings. The molecule has 0 radical (unpaired) electrons. The van der Waals surface area contributed by atoms with Crippen LogP contribution in [0.25, 0.3) is 0 Å². The van der Waals surface area contributed by atoms with Crippen molar-refractivity contribution >= 4 is 11.8 Å². The van der Waals surface area contributed by atoms with Crippen LogP contribution in [-0.2, 0) is 9.59 Å². The zero-order chi connectivity index (χ0) is 16.8. The van der Waals surface area contributed by atoms with E-state index in [0.29, 0.717) is 25.3 Å². The molecule has 2 atom stereocenters. The molecule has 128 valence electrons. The Morgan fingerprint density at radius 2 is 2.00 bits per heavy atom. The topological polar surface area (TPSA) is 83.6 Å². The first-order valence-corrected chi connectivity index (χ1v) is 8.60. The molecule has 0 saturated carbocycles. The number of carbonyl (C=O) groups excluding carboxylic acids is 2. The predicted octanol–water partition coefficient (Wildman–Crippen LogP) is 2.07. The smallest absolute Gasteiger partial charge is 0.238 e. The summed E-state index contributed by atoms with van der Waals surface area (Å²) in [6.07, 6.45) is 5.26. The molecule has 1 aliphatic rings. The maximum atomic E-state index is 13.1. The number of primary amides is 1. The van der Waals surface area contributed by atoms with Gasteiger partial charge < -0.3 is 15.7 Å². The van der Waals surface area contributed by atoms with E-state index in [0.717, 1.165) is 32.1 Å². The third-order valence-corrected chi connectivity index (χ3v) is 4.81. The van der Waals surface area contributed by atoms with Crippen molar-refractivity contribution < 1.29 is 14.7 Å². The summed E-state index contributed by atoms with van der Waals surface area (Å²) >= 11 is 0. The van der Waals surface area contributed by atoms with Crippen LogP contribution in [0.5, 0.6) is 0 Å². The van der Waals surface area contributed by atoms with E-state index in [1.54, 1.807) is 4.90 Å². The van der Waals surface area contributed by atoms with Gasteiger partial charge in [-0.3, -0.25) is 9.59 Å². The van der Waals surface area contributed by atoms with Crippen molar-refractivity contribution in [2.24, 2.45) is 17.1 Å². The lowest BCUT2D eigenvalue weighted by molar-refractivity contribution is -0.154. The van der Waals surface area contributed by atoms with Gasteiger partial charge in [-0.15, -0.1) is 0 Å². The summed E-state index contributed by atoms with van der Waals surface area (Å²) in [7, 11) is 0. The summed E-state index contributed by atoms with van der Waals surface area (Å²) in [4.78, 5) is 27.1. The van der Waals surface area contributed by atoms with Gasteiger partial charge in [0.25, 0.3) is 0 Å². The zero-order valence-electron chi connectivity index (χ0n) is 14.3.